The quantitative estimate of drug-likeness (QED) is 0.403. The van der Waals surface area contributed by atoms with E-state index in [1.807, 2.05) is 26.0 Å². The summed E-state index contributed by atoms with van der Waals surface area (Å²) < 4.78 is 20.5. The molecule has 2 saturated heterocycles. The summed E-state index contributed by atoms with van der Waals surface area (Å²) >= 11 is 0. The van der Waals surface area contributed by atoms with Crippen LogP contribution in [0.5, 0.6) is 0 Å². The molecule has 0 N–H and O–H groups in total. The third-order valence-corrected chi connectivity index (χ3v) is 7.17. The molecule has 2 aromatic carbocycles. The molecular weight excluding hydrogens is 447 g/mol. The van der Waals surface area contributed by atoms with Gasteiger partial charge in [0.1, 0.15) is 5.82 Å². The first-order valence-corrected chi connectivity index (χ1v) is 11.7. The van der Waals surface area contributed by atoms with Crippen molar-refractivity contribution in [3.63, 3.8) is 0 Å². The van der Waals surface area contributed by atoms with Gasteiger partial charge in [-0.15, -0.1) is 0 Å². The second-order valence-corrected chi connectivity index (χ2v) is 9.21. The fourth-order valence-electron chi connectivity index (χ4n) is 5.38. The number of aryl methyl sites for hydroxylation is 2. The minimum atomic E-state index is -0.327. The van der Waals surface area contributed by atoms with Gasteiger partial charge in [0.25, 0.3) is 6.01 Å². The number of hydrogen-bond acceptors (Lipinski definition) is 7. The number of halogens is 1. The van der Waals surface area contributed by atoms with Crippen LogP contribution in [0.3, 0.4) is 0 Å². The van der Waals surface area contributed by atoms with Crippen molar-refractivity contribution in [2.45, 2.75) is 26.3 Å². The second kappa shape index (κ2) is 8.33. The molecule has 2 aliphatic rings. The Hall–Kier alpha value is -4.01. The summed E-state index contributed by atoms with van der Waals surface area (Å²) in [6.45, 7) is 6.31. The fraction of sp³-hybridized carbons (Fsp3) is 0.308. The Bertz CT molecular complexity index is 1400. The van der Waals surface area contributed by atoms with Crippen molar-refractivity contribution in [3.05, 3.63) is 71.4 Å². The van der Waals surface area contributed by atoms with Gasteiger partial charge in [0.15, 0.2) is 12.0 Å². The molecule has 0 unspecified atom stereocenters. The maximum atomic E-state index is 14.4. The Kier molecular flexibility index (Phi) is 5.12. The minimum Gasteiger partial charge on any atom is -0.423 e. The lowest BCUT2D eigenvalue weighted by Gasteiger charge is -2.53. The highest BCUT2D eigenvalue weighted by molar-refractivity contribution is 5.91. The Morgan fingerprint density at radius 1 is 1.09 bits per heavy atom. The number of oxazole rings is 1. The summed E-state index contributed by atoms with van der Waals surface area (Å²) in [5.41, 5.74) is 4.27. The molecule has 35 heavy (non-hydrogen) atoms. The molecule has 2 atom stereocenters. The number of piperidine rings is 1. The van der Waals surface area contributed by atoms with E-state index in [1.165, 1.54) is 10.9 Å². The summed E-state index contributed by atoms with van der Waals surface area (Å²) in [5.74, 6) is 0.658. The van der Waals surface area contributed by atoms with Crippen molar-refractivity contribution in [1.29, 1.82) is 0 Å². The van der Waals surface area contributed by atoms with E-state index in [0.717, 1.165) is 43.6 Å². The molecule has 2 fully saturated rings. The molecule has 178 valence electrons. The zero-order chi connectivity index (χ0) is 24.1. The van der Waals surface area contributed by atoms with Crippen LogP contribution in [0.2, 0.25) is 0 Å². The first-order chi connectivity index (χ1) is 17.0. The van der Waals surface area contributed by atoms with Crippen molar-refractivity contribution in [2.75, 3.05) is 29.4 Å². The van der Waals surface area contributed by atoms with Crippen LogP contribution in [0.4, 0.5) is 16.1 Å². The number of benzene rings is 2. The molecule has 0 saturated carbocycles. The largest absolute Gasteiger partial charge is 0.423 e. The highest BCUT2D eigenvalue weighted by Gasteiger charge is 2.45. The molecule has 6 rings (SSSR count). The molecule has 4 heterocycles. The van der Waals surface area contributed by atoms with Gasteiger partial charge in [-0.25, -0.2) is 4.39 Å². The van der Waals surface area contributed by atoms with E-state index in [2.05, 4.69) is 25.0 Å². The zero-order valence-electron chi connectivity index (χ0n) is 19.6. The molecule has 0 spiro atoms. The Balaban J connectivity index is 1.30. The summed E-state index contributed by atoms with van der Waals surface area (Å²) in [4.78, 5) is 22.8. The molecular formula is C26H25FN6O2. The van der Waals surface area contributed by atoms with E-state index in [4.69, 9.17) is 4.42 Å². The monoisotopic (exact) mass is 472 g/mol. The number of aldehydes is 1. The number of nitrogens with zero attached hydrogens (tertiary/aromatic N) is 6. The van der Waals surface area contributed by atoms with E-state index in [1.54, 1.807) is 30.6 Å². The molecule has 0 bridgehead atoms. The summed E-state index contributed by atoms with van der Waals surface area (Å²) in [5, 5.41) is 8.43. The smallest absolute Gasteiger partial charge is 0.298 e. The number of fused-ring (bicyclic) bond motifs is 1. The minimum absolute atomic E-state index is 0.195. The van der Waals surface area contributed by atoms with Gasteiger partial charge in [-0.2, -0.15) is 20.0 Å². The average molecular weight is 473 g/mol. The highest BCUT2D eigenvalue weighted by Crippen LogP contribution is 2.41. The van der Waals surface area contributed by atoms with Gasteiger partial charge in [-0.05, 0) is 44.0 Å². The van der Waals surface area contributed by atoms with E-state index in [9.17, 15) is 9.18 Å². The average Bonchev–Trinajstić information content (AvgIpc) is 3.50. The normalized spacial score (nSPS) is 19.4. The second-order valence-electron chi connectivity index (χ2n) is 9.21. The predicted octanol–water partition coefficient (Wildman–Crippen LogP) is 4.21. The Labute approximate surface area is 202 Å². The van der Waals surface area contributed by atoms with Crippen molar-refractivity contribution < 1.29 is 13.6 Å². The summed E-state index contributed by atoms with van der Waals surface area (Å²) in [6.07, 6.45) is 5.09. The topological polar surface area (TPSA) is 80.3 Å². The third kappa shape index (κ3) is 3.50. The number of rotatable bonds is 5. The zero-order valence-corrected chi connectivity index (χ0v) is 19.6. The van der Waals surface area contributed by atoms with Gasteiger partial charge in [-0.3, -0.25) is 4.79 Å². The van der Waals surface area contributed by atoms with Crippen LogP contribution in [0.25, 0.3) is 17.0 Å². The molecule has 0 aliphatic carbocycles. The van der Waals surface area contributed by atoms with E-state index >= 15 is 0 Å². The van der Waals surface area contributed by atoms with Crippen molar-refractivity contribution in [1.82, 2.24) is 20.0 Å². The van der Waals surface area contributed by atoms with Crippen LogP contribution in [0.15, 0.2) is 53.2 Å². The van der Waals surface area contributed by atoms with Crippen molar-refractivity contribution in [2.24, 2.45) is 5.92 Å². The summed E-state index contributed by atoms with van der Waals surface area (Å²) in [7, 11) is 0. The number of anilines is 2. The third-order valence-electron chi connectivity index (χ3n) is 7.17. The maximum absolute atomic E-state index is 14.4. The lowest BCUT2D eigenvalue weighted by molar-refractivity contribution is 0.112. The van der Waals surface area contributed by atoms with Crippen LogP contribution in [-0.4, -0.2) is 51.9 Å². The molecule has 2 aliphatic heterocycles. The Morgan fingerprint density at radius 3 is 2.66 bits per heavy atom. The molecule has 4 aromatic rings. The summed E-state index contributed by atoms with van der Waals surface area (Å²) in [6, 6.07) is 11.2. The van der Waals surface area contributed by atoms with Gasteiger partial charge in [-0.1, -0.05) is 18.2 Å². The lowest BCUT2D eigenvalue weighted by atomic mass is 9.82. The van der Waals surface area contributed by atoms with Gasteiger partial charge in [0.05, 0.1) is 46.6 Å². The fourth-order valence-corrected chi connectivity index (χ4v) is 5.38. The van der Waals surface area contributed by atoms with E-state index < -0.39 is 0 Å². The maximum Gasteiger partial charge on any atom is 0.298 e. The molecule has 8 nitrogen and oxygen atoms in total. The lowest BCUT2D eigenvalue weighted by Crippen LogP contribution is -2.64. The highest BCUT2D eigenvalue weighted by atomic mass is 19.1. The van der Waals surface area contributed by atoms with E-state index in [0.29, 0.717) is 40.2 Å². The first kappa shape index (κ1) is 21.5. The predicted molar refractivity (Wildman–Crippen MR) is 130 cm³/mol. The van der Waals surface area contributed by atoms with Gasteiger partial charge >= 0.3 is 0 Å². The van der Waals surface area contributed by atoms with Crippen LogP contribution < -0.4 is 9.80 Å². The van der Waals surface area contributed by atoms with Gasteiger partial charge in [0, 0.05) is 25.6 Å². The first-order valence-electron chi connectivity index (χ1n) is 11.7. The van der Waals surface area contributed by atoms with Crippen LogP contribution in [0, 0.1) is 25.6 Å². The number of carbonyl (C=O) groups excluding carboxylic acids is 1. The van der Waals surface area contributed by atoms with E-state index in [-0.39, 0.29) is 11.9 Å². The van der Waals surface area contributed by atoms with Crippen LogP contribution >= 0.6 is 0 Å². The van der Waals surface area contributed by atoms with Crippen molar-refractivity contribution >= 4 is 18.0 Å². The molecule has 0 radical (unpaired) electrons. The number of aromatic nitrogens is 4. The number of hydrogen-bond donors (Lipinski definition) is 0. The van der Waals surface area contributed by atoms with Crippen molar-refractivity contribution in [3.8, 4) is 17.0 Å². The Morgan fingerprint density at radius 2 is 1.89 bits per heavy atom. The SMILES string of the molecule is Cc1ccc(-n2nccn2)c(C=O)c1N1CC[C@@H]2CN(c3nc(C)c(-c4ccccc4F)o3)[C@@H]2C1. The molecule has 2 aromatic heterocycles. The number of carbonyl (C=O) groups is 1. The van der Waals surface area contributed by atoms with Gasteiger partial charge in [0.2, 0.25) is 0 Å². The van der Waals surface area contributed by atoms with Crippen LogP contribution in [0.1, 0.15) is 28.0 Å². The van der Waals surface area contributed by atoms with Gasteiger partial charge < -0.3 is 14.2 Å². The standard InChI is InChI=1S/C26H25FN6O2/c1-16-7-8-22(33-28-10-11-29-33)20(15-34)24(16)31-12-9-18-13-32(23(18)14-31)26-30-17(2)25(35-26)19-5-3-4-6-21(19)27/h3-8,10-11,15,18,23H,9,12-14H2,1-2H3/t18-,23-/m1/s1. The molecule has 0 amide bonds. The van der Waals surface area contributed by atoms with Crippen LogP contribution in [-0.2, 0) is 0 Å². The molecule has 9 heteroatoms.